The number of aromatic nitrogens is 2. The van der Waals surface area contributed by atoms with Gasteiger partial charge in [-0.05, 0) is 29.8 Å². The van der Waals surface area contributed by atoms with Gasteiger partial charge in [0.05, 0.1) is 6.42 Å². The second-order valence-electron chi connectivity index (χ2n) is 3.50. The molecule has 0 aromatic carbocycles. The van der Waals surface area contributed by atoms with Crippen molar-refractivity contribution >= 4 is 5.91 Å². The van der Waals surface area contributed by atoms with Gasteiger partial charge in [0.1, 0.15) is 0 Å². The predicted molar refractivity (Wildman–Crippen MR) is 60.6 cm³/mol. The number of carbonyl (C=O) groups excluding carboxylic acids is 1. The number of nitrogens with zero attached hydrogens (tertiary/aromatic N) is 1. The maximum absolute atomic E-state index is 11.5. The van der Waals surface area contributed by atoms with E-state index in [0.29, 0.717) is 13.0 Å². The topological polar surface area (TPSA) is 57.8 Å². The summed E-state index contributed by atoms with van der Waals surface area (Å²) in [6.07, 6.45) is 5.63. The van der Waals surface area contributed by atoms with E-state index >= 15 is 0 Å². The van der Waals surface area contributed by atoms with Gasteiger partial charge in [0.15, 0.2) is 0 Å². The van der Waals surface area contributed by atoms with Crippen LogP contribution >= 0.6 is 0 Å². The van der Waals surface area contributed by atoms with Crippen LogP contribution < -0.4 is 5.32 Å². The van der Waals surface area contributed by atoms with Crippen LogP contribution in [0, 0.1) is 0 Å². The summed E-state index contributed by atoms with van der Waals surface area (Å²) in [5.41, 5.74) is 1.97. The van der Waals surface area contributed by atoms with Gasteiger partial charge in [0.25, 0.3) is 0 Å². The quantitative estimate of drug-likeness (QED) is 0.806. The van der Waals surface area contributed by atoms with E-state index in [2.05, 4.69) is 15.3 Å². The lowest BCUT2D eigenvalue weighted by Gasteiger charge is -2.03. The molecule has 0 atom stereocenters. The molecular weight excluding hydrogens is 202 g/mol. The highest BCUT2D eigenvalue weighted by Crippen LogP contribution is 1.98. The van der Waals surface area contributed by atoms with Gasteiger partial charge < -0.3 is 10.3 Å². The van der Waals surface area contributed by atoms with Gasteiger partial charge in [-0.1, -0.05) is 0 Å². The summed E-state index contributed by atoms with van der Waals surface area (Å²) in [5.74, 6) is 0.0132. The van der Waals surface area contributed by atoms with Gasteiger partial charge in [-0.2, -0.15) is 0 Å². The molecule has 0 unspecified atom stereocenters. The van der Waals surface area contributed by atoms with E-state index in [1.807, 2.05) is 30.5 Å². The largest absolute Gasteiger partial charge is 0.365 e. The van der Waals surface area contributed by atoms with Crippen LogP contribution in [-0.2, 0) is 17.8 Å². The number of nitrogens with one attached hydrogen (secondary N) is 2. The first kappa shape index (κ1) is 10.4. The Labute approximate surface area is 93.7 Å². The third-order valence-corrected chi connectivity index (χ3v) is 2.25. The number of hydrogen-bond acceptors (Lipinski definition) is 2. The van der Waals surface area contributed by atoms with Crippen molar-refractivity contribution < 1.29 is 4.79 Å². The van der Waals surface area contributed by atoms with Crippen LogP contribution in [0.5, 0.6) is 0 Å². The first-order chi connectivity index (χ1) is 7.84. The highest BCUT2D eigenvalue weighted by atomic mass is 16.1. The average molecular weight is 215 g/mol. The molecule has 0 radical (unpaired) electrons. The number of aromatic amines is 1. The minimum absolute atomic E-state index is 0.0132. The summed E-state index contributed by atoms with van der Waals surface area (Å²) in [6, 6.07) is 7.54. The zero-order chi connectivity index (χ0) is 11.2. The molecule has 0 aliphatic heterocycles. The molecule has 4 nitrogen and oxygen atoms in total. The Hall–Kier alpha value is -2.10. The third kappa shape index (κ3) is 2.95. The molecule has 2 N–H and O–H groups in total. The number of rotatable bonds is 4. The fourth-order valence-corrected chi connectivity index (χ4v) is 1.41. The second kappa shape index (κ2) is 5.11. The van der Waals surface area contributed by atoms with Crippen LogP contribution in [0.1, 0.15) is 11.3 Å². The Morgan fingerprint density at radius 1 is 1.31 bits per heavy atom. The summed E-state index contributed by atoms with van der Waals surface area (Å²) in [7, 11) is 0. The molecule has 0 fully saturated rings. The second-order valence-corrected chi connectivity index (χ2v) is 3.50. The number of pyridine rings is 1. The van der Waals surface area contributed by atoms with Crippen LogP contribution in [0.2, 0.25) is 0 Å². The van der Waals surface area contributed by atoms with Crippen LogP contribution in [-0.4, -0.2) is 15.9 Å². The Balaban J connectivity index is 1.80. The van der Waals surface area contributed by atoms with Crippen LogP contribution in [0.3, 0.4) is 0 Å². The van der Waals surface area contributed by atoms with E-state index in [4.69, 9.17) is 0 Å². The molecule has 2 aromatic heterocycles. The van der Waals surface area contributed by atoms with Crippen molar-refractivity contribution in [2.24, 2.45) is 0 Å². The van der Waals surface area contributed by atoms with Crippen molar-refractivity contribution in [3.63, 3.8) is 0 Å². The number of H-pyrrole nitrogens is 1. The molecule has 82 valence electrons. The van der Waals surface area contributed by atoms with E-state index in [1.54, 1.807) is 12.4 Å². The molecule has 2 rings (SSSR count). The van der Waals surface area contributed by atoms with Crippen molar-refractivity contribution in [1.29, 1.82) is 0 Å². The van der Waals surface area contributed by atoms with E-state index < -0.39 is 0 Å². The Bertz CT molecular complexity index is 437. The van der Waals surface area contributed by atoms with E-state index in [-0.39, 0.29) is 5.91 Å². The molecule has 2 aromatic rings. The van der Waals surface area contributed by atoms with Crippen molar-refractivity contribution in [2.45, 2.75) is 13.0 Å². The number of amides is 1. The fourth-order valence-electron chi connectivity index (χ4n) is 1.41. The molecule has 4 heteroatoms. The molecule has 1 amide bonds. The smallest absolute Gasteiger partial charge is 0.226 e. The minimum Gasteiger partial charge on any atom is -0.365 e. The van der Waals surface area contributed by atoms with Crippen molar-refractivity contribution in [3.05, 3.63) is 54.1 Å². The fraction of sp³-hybridized carbons (Fsp3) is 0.167. The maximum Gasteiger partial charge on any atom is 0.226 e. The van der Waals surface area contributed by atoms with Crippen molar-refractivity contribution in [1.82, 2.24) is 15.3 Å². The predicted octanol–water partition coefficient (Wildman–Crippen LogP) is 1.27. The van der Waals surface area contributed by atoms with Gasteiger partial charge >= 0.3 is 0 Å². The standard InChI is InChI=1S/C12H13N3O/c16-12(8-11-2-1-5-14-11)15-9-10-3-6-13-7-4-10/h1-7,14H,8-9H2,(H,15,16). The molecule has 0 spiro atoms. The molecule has 0 aliphatic carbocycles. The summed E-state index contributed by atoms with van der Waals surface area (Å²) < 4.78 is 0. The first-order valence-corrected chi connectivity index (χ1v) is 5.12. The van der Waals surface area contributed by atoms with Gasteiger partial charge in [0.2, 0.25) is 5.91 Å². The van der Waals surface area contributed by atoms with E-state index in [0.717, 1.165) is 11.3 Å². The van der Waals surface area contributed by atoms with Crippen molar-refractivity contribution in [3.8, 4) is 0 Å². The Kier molecular flexibility index (Phi) is 3.33. The van der Waals surface area contributed by atoms with E-state index in [9.17, 15) is 4.79 Å². The normalized spacial score (nSPS) is 10.0. The zero-order valence-electron chi connectivity index (χ0n) is 8.81. The molecule has 2 heterocycles. The SMILES string of the molecule is O=C(Cc1ccc[nH]1)NCc1ccncc1. The maximum atomic E-state index is 11.5. The molecular formula is C12H13N3O. The van der Waals surface area contributed by atoms with Gasteiger partial charge in [-0.25, -0.2) is 0 Å². The summed E-state index contributed by atoms with van der Waals surface area (Å²) in [5, 5.41) is 2.85. The van der Waals surface area contributed by atoms with Crippen LogP contribution in [0.4, 0.5) is 0 Å². The van der Waals surface area contributed by atoms with Crippen LogP contribution in [0.15, 0.2) is 42.9 Å². The molecule has 16 heavy (non-hydrogen) atoms. The van der Waals surface area contributed by atoms with Crippen molar-refractivity contribution in [2.75, 3.05) is 0 Å². The van der Waals surface area contributed by atoms with Gasteiger partial charge in [-0.3, -0.25) is 9.78 Å². The molecule has 0 saturated carbocycles. The first-order valence-electron chi connectivity index (χ1n) is 5.12. The van der Waals surface area contributed by atoms with Gasteiger partial charge in [-0.15, -0.1) is 0 Å². The van der Waals surface area contributed by atoms with Crippen LogP contribution in [0.25, 0.3) is 0 Å². The minimum atomic E-state index is 0.0132. The third-order valence-electron chi connectivity index (χ3n) is 2.25. The summed E-state index contributed by atoms with van der Waals surface area (Å²) >= 11 is 0. The number of hydrogen-bond donors (Lipinski definition) is 2. The summed E-state index contributed by atoms with van der Waals surface area (Å²) in [4.78, 5) is 18.4. The van der Waals surface area contributed by atoms with Gasteiger partial charge in [0, 0.05) is 30.8 Å². The molecule has 0 bridgehead atoms. The monoisotopic (exact) mass is 215 g/mol. The summed E-state index contributed by atoms with van der Waals surface area (Å²) in [6.45, 7) is 0.544. The highest BCUT2D eigenvalue weighted by Gasteiger charge is 2.02. The zero-order valence-corrected chi connectivity index (χ0v) is 8.81. The lowest BCUT2D eigenvalue weighted by atomic mass is 10.2. The molecule has 0 saturated heterocycles. The Morgan fingerprint density at radius 2 is 2.12 bits per heavy atom. The highest BCUT2D eigenvalue weighted by molar-refractivity contribution is 5.78. The lowest BCUT2D eigenvalue weighted by Crippen LogP contribution is -2.24. The lowest BCUT2D eigenvalue weighted by molar-refractivity contribution is -0.120. The van der Waals surface area contributed by atoms with E-state index in [1.165, 1.54) is 0 Å². The number of carbonyl (C=O) groups is 1. The average Bonchev–Trinajstić information content (AvgIpc) is 2.81. The molecule has 0 aliphatic rings. The Morgan fingerprint density at radius 3 is 2.81 bits per heavy atom.